The summed E-state index contributed by atoms with van der Waals surface area (Å²) in [6, 6.07) is 6.03. The molecular formula is C9H10N3. The second-order valence-corrected chi connectivity index (χ2v) is 2.67. The van der Waals surface area contributed by atoms with E-state index in [0.29, 0.717) is 0 Å². The molecule has 0 atom stereocenters. The van der Waals surface area contributed by atoms with Crippen molar-refractivity contribution in [3.05, 3.63) is 30.2 Å². The molecule has 1 aromatic heterocycles. The van der Waals surface area contributed by atoms with Crippen LogP contribution in [0.4, 0.5) is 0 Å². The van der Waals surface area contributed by atoms with Gasteiger partial charge in [-0.1, -0.05) is 24.3 Å². The van der Waals surface area contributed by atoms with Gasteiger partial charge in [0, 0.05) is 0 Å². The summed E-state index contributed by atoms with van der Waals surface area (Å²) in [6.07, 6.45) is 3.16. The predicted octanol–water partition coefficient (Wildman–Crippen LogP) is 1.92. The lowest BCUT2D eigenvalue weighted by Crippen LogP contribution is -1.82. The third-order valence-electron chi connectivity index (χ3n) is 1.81. The number of hydrogen-bond acceptors (Lipinski definition) is 2. The van der Waals surface area contributed by atoms with Crippen LogP contribution >= 0.6 is 0 Å². The number of fused-ring (bicyclic) bond motifs is 1. The minimum Gasteiger partial charge on any atom is -0.258 e. The van der Waals surface area contributed by atoms with E-state index in [1.807, 2.05) is 18.2 Å². The van der Waals surface area contributed by atoms with E-state index in [-0.39, 0.29) is 0 Å². The highest BCUT2D eigenvalue weighted by Crippen LogP contribution is 2.15. The minimum atomic E-state index is 0.958. The van der Waals surface area contributed by atoms with Gasteiger partial charge in [0.2, 0.25) is 0 Å². The van der Waals surface area contributed by atoms with E-state index < -0.39 is 0 Å². The summed E-state index contributed by atoms with van der Waals surface area (Å²) < 4.78 is 0. The van der Waals surface area contributed by atoms with Crippen molar-refractivity contribution in [1.29, 1.82) is 0 Å². The molecule has 1 heterocycles. The number of H-pyrrole nitrogens is 1. The molecule has 0 aliphatic carbocycles. The van der Waals surface area contributed by atoms with Crippen molar-refractivity contribution in [2.24, 2.45) is 0 Å². The van der Waals surface area contributed by atoms with Crippen molar-refractivity contribution in [1.82, 2.24) is 15.4 Å². The number of hydrogen-bond donors (Lipinski definition) is 1. The predicted molar refractivity (Wildman–Crippen MR) is 47.6 cm³/mol. The van der Waals surface area contributed by atoms with Crippen LogP contribution in [0.15, 0.2) is 18.2 Å². The van der Waals surface area contributed by atoms with Crippen molar-refractivity contribution in [3.8, 4) is 0 Å². The first kappa shape index (κ1) is 7.28. The highest BCUT2D eigenvalue weighted by Gasteiger charge is 2.01. The number of rotatable bonds is 2. The van der Waals surface area contributed by atoms with E-state index >= 15 is 0 Å². The van der Waals surface area contributed by atoms with Crippen molar-refractivity contribution in [2.45, 2.75) is 13.3 Å². The van der Waals surface area contributed by atoms with Crippen LogP contribution in [0.25, 0.3) is 11.0 Å². The smallest absolute Gasteiger partial charge is 0.116 e. The normalized spacial score (nSPS) is 10.8. The van der Waals surface area contributed by atoms with Gasteiger partial charge in [0.25, 0.3) is 0 Å². The van der Waals surface area contributed by atoms with Gasteiger partial charge in [-0.25, -0.2) is 0 Å². The Hall–Kier alpha value is -1.38. The fourth-order valence-electron chi connectivity index (χ4n) is 1.28. The van der Waals surface area contributed by atoms with E-state index in [1.165, 1.54) is 0 Å². The number of aromatic amines is 1. The maximum absolute atomic E-state index is 4.00. The topological polar surface area (TPSA) is 41.6 Å². The molecule has 2 aromatic rings. The van der Waals surface area contributed by atoms with Gasteiger partial charge >= 0.3 is 0 Å². The lowest BCUT2D eigenvalue weighted by Gasteiger charge is -1.96. The standard InChI is InChI=1S/C9H10N3/c1-2-4-7-5-3-6-8-9(7)11-12-10-8/h3-6H,2H2,1H3,(H,10,11,12). The summed E-state index contributed by atoms with van der Waals surface area (Å²) in [7, 11) is 0. The maximum Gasteiger partial charge on any atom is 0.116 e. The molecule has 3 nitrogen and oxygen atoms in total. The molecule has 1 aromatic carbocycles. The number of aromatic nitrogens is 3. The second kappa shape index (κ2) is 2.93. The van der Waals surface area contributed by atoms with Crippen molar-refractivity contribution >= 4 is 11.0 Å². The summed E-state index contributed by atoms with van der Waals surface area (Å²) in [6.45, 7) is 2.11. The molecule has 0 saturated carbocycles. The molecule has 3 heteroatoms. The van der Waals surface area contributed by atoms with Crippen LogP contribution in [0.2, 0.25) is 0 Å². The number of benzene rings is 1. The van der Waals surface area contributed by atoms with Gasteiger partial charge in [0.15, 0.2) is 0 Å². The van der Waals surface area contributed by atoms with Gasteiger partial charge in [-0.2, -0.15) is 0 Å². The van der Waals surface area contributed by atoms with Crippen LogP contribution in [0.1, 0.15) is 18.9 Å². The van der Waals surface area contributed by atoms with Gasteiger partial charge in [0.1, 0.15) is 5.52 Å². The van der Waals surface area contributed by atoms with Gasteiger partial charge < -0.3 is 0 Å². The molecule has 0 fully saturated rings. The van der Waals surface area contributed by atoms with Crippen LogP contribution in [-0.4, -0.2) is 15.4 Å². The molecule has 12 heavy (non-hydrogen) atoms. The zero-order valence-electron chi connectivity index (χ0n) is 6.91. The number of nitrogens with one attached hydrogen (secondary N) is 1. The Morgan fingerprint density at radius 3 is 3.25 bits per heavy atom. The van der Waals surface area contributed by atoms with E-state index in [2.05, 4.69) is 28.8 Å². The molecule has 1 radical (unpaired) electrons. The summed E-state index contributed by atoms with van der Waals surface area (Å²) in [5.74, 6) is 0. The first-order valence-corrected chi connectivity index (χ1v) is 4.05. The van der Waals surface area contributed by atoms with Crippen LogP contribution in [-0.2, 0) is 0 Å². The highest BCUT2D eigenvalue weighted by molar-refractivity contribution is 5.78. The van der Waals surface area contributed by atoms with Gasteiger partial charge in [0.05, 0.1) is 5.52 Å². The van der Waals surface area contributed by atoms with Crippen LogP contribution in [0.5, 0.6) is 0 Å². The molecule has 0 unspecified atom stereocenters. The van der Waals surface area contributed by atoms with E-state index in [4.69, 9.17) is 0 Å². The van der Waals surface area contributed by atoms with E-state index in [9.17, 15) is 0 Å². The molecule has 1 N–H and O–H groups in total. The molecule has 0 spiro atoms. The highest BCUT2D eigenvalue weighted by atomic mass is 15.3. The average Bonchev–Trinajstić information content (AvgIpc) is 2.53. The fourth-order valence-corrected chi connectivity index (χ4v) is 1.28. The monoisotopic (exact) mass is 160 g/mol. The van der Waals surface area contributed by atoms with Gasteiger partial charge in [-0.3, -0.25) is 5.10 Å². The SMILES string of the molecule is CC[CH]c1cccc2[nH]nnc12. The molecule has 0 saturated heterocycles. The van der Waals surface area contributed by atoms with Crippen molar-refractivity contribution in [3.63, 3.8) is 0 Å². The van der Waals surface area contributed by atoms with Crippen molar-refractivity contribution in [2.75, 3.05) is 0 Å². The number of nitrogens with zero attached hydrogens (tertiary/aromatic N) is 2. The molecule has 0 bridgehead atoms. The van der Waals surface area contributed by atoms with E-state index in [1.54, 1.807) is 0 Å². The summed E-state index contributed by atoms with van der Waals surface area (Å²) in [5.41, 5.74) is 3.11. The maximum atomic E-state index is 4.00. The summed E-state index contributed by atoms with van der Waals surface area (Å²) >= 11 is 0. The largest absolute Gasteiger partial charge is 0.258 e. The summed E-state index contributed by atoms with van der Waals surface area (Å²) in [5, 5.41) is 10.6. The Morgan fingerprint density at radius 1 is 1.50 bits per heavy atom. The average molecular weight is 160 g/mol. The van der Waals surface area contributed by atoms with Gasteiger partial charge in [-0.15, -0.1) is 5.10 Å². The molecule has 0 aliphatic rings. The second-order valence-electron chi connectivity index (χ2n) is 2.67. The first-order chi connectivity index (χ1) is 5.92. The fraction of sp³-hybridized carbons (Fsp3) is 0.222. The Morgan fingerprint density at radius 2 is 2.42 bits per heavy atom. The minimum absolute atomic E-state index is 0.958. The lowest BCUT2D eigenvalue weighted by molar-refractivity contribution is 0.957. The Bertz CT molecular complexity index is 378. The van der Waals surface area contributed by atoms with Gasteiger partial charge in [-0.05, 0) is 24.5 Å². The van der Waals surface area contributed by atoms with Crippen LogP contribution in [0.3, 0.4) is 0 Å². The first-order valence-electron chi connectivity index (χ1n) is 4.05. The lowest BCUT2D eigenvalue weighted by atomic mass is 10.1. The zero-order valence-corrected chi connectivity index (χ0v) is 6.91. The molecule has 0 amide bonds. The molecular weight excluding hydrogens is 150 g/mol. The van der Waals surface area contributed by atoms with Crippen molar-refractivity contribution < 1.29 is 0 Å². The van der Waals surface area contributed by atoms with E-state index in [0.717, 1.165) is 23.0 Å². The molecule has 2 rings (SSSR count). The Kier molecular flexibility index (Phi) is 1.78. The van der Waals surface area contributed by atoms with Crippen LogP contribution < -0.4 is 0 Å². The third kappa shape index (κ3) is 1.07. The molecule has 0 aliphatic heterocycles. The van der Waals surface area contributed by atoms with Crippen LogP contribution in [0, 0.1) is 6.42 Å². The molecule has 61 valence electrons. The Balaban J connectivity index is 2.57. The summed E-state index contributed by atoms with van der Waals surface area (Å²) in [4.78, 5) is 0. The quantitative estimate of drug-likeness (QED) is 0.729. The zero-order chi connectivity index (χ0) is 8.39. The Labute approximate surface area is 70.8 Å². The third-order valence-corrected chi connectivity index (χ3v) is 1.81.